The number of hydrogen-bond donors (Lipinski definition) is 2. The van der Waals surface area contributed by atoms with Crippen molar-refractivity contribution in [3.8, 4) is 0 Å². The molecule has 0 unspecified atom stereocenters. The van der Waals surface area contributed by atoms with Crippen LogP contribution in [-0.4, -0.2) is 38.6 Å². The molecule has 1 aliphatic rings. The molecule has 1 saturated heterocycles. The van der Waals surface area contributed by atoms with E-state index in [4.69, 9.17) is 10.7 Å². The molecule has 0 atom stereocenters. The topological polar surface area (TPSA) is 83.7 Å². The zero-order valence-corrected chi connectivity index (χ0v) is 16.2. The first-order chi connectivity index (χ1) is 12.4. The van der Waals surface area contributed by atoms with Crippen molar-refractivity contribution in [2.75, 3.05) is 18.0 Å². The molecule has 3 aromatic rings. The van der Waals surface area contributed by atoms with Crippen molar-refractivity contribution in [2.45, 2.75) is 49.1 Å². The summed E-state index contributed by atoms with van der Waals surface area (Å²) in [6, 6.07) is 6.32. The van der Waals surface area contributed by atoms with Crippen LogP contribution in [0.5, 0.6) is 0 Å². The van der Waals surface area contributed by atoms with Gasteiger partial charge in [-0.1, -0.05) is 23.9 Å². The molecule has 0 aliphatic carbocycles. The van der Waals surface area contributed by atoms with Crippen molar-refractivity contribution >= 4 is 29.0 Å². The maximum atomic E-state index is 6.22. The molecule has 26 heavy (non-hydrogen) atoms. The first-order valence-corrected chi connectivity index (χ1v) is 9.74. The quantitative estimate of drug-likeness (QED) is 0.737. The Balaban J connectivity index is 1.57. The van der Waals surface area contributed by atoms with Gasteiger partial charge in [-0.3, -0.25) is 0 Å². The van der Waals surface area contributed by atoms with Gasteiger partial charge in [0.05, 0.1) is 6.20 Å². The molecule has 4 rings (SSSR count). The van der Waals surface area contributed by atoms with Crippen molar-refractivity contribution in [3.63, 3.8) is 0 Å². The van der Waals surface area contributed by atoms with Crippen molar-refractivity contribution in [3.05, 3.63) is 35.5 Å². The molecule has 2 aromatic heterocycles. The molecule has 3 heterocycles. The molecule has 1 aromatic carbocycles. The molecule has 0 saturated carbocycles. The van der Waals surface area contributed by atoms with Gasteiger partial charge in [-0.05, 0) is 50.8 Å². The van der Waals surface area contributed by atoms with E-state index in [1.165, 1.54) is 16.0 Å². The Hall–Kier alpha value is -2.12. The smallest absolute Gasteiger partial charge is 0.206 e. The zero-order chi connectivity index (χ0) is 18.3. The van der Waals surface area contributed by atoms with Gasteiger partial charge >= 0.3 is 0 Å². The van der Waals surface area contributed by atoms with Gasteiger partial charge in [0, 0.05) is 23.5 Å². The molecular formula is C19H24N6S. The number of nitrogens with one attached hydrogen (secondary N) is 1. The lowest BCUT2D eigenvalue weighted by molar-refractivity contribution is 0.362. The lowest BCUT2D eigenvalue weighted by Gasteiger charge is -2.36. The van der Waals surface area contributed by atoms with Crippen LogP contribution >= 0.6 is 11.8 Å². The minimum atomic E-state index is -0.0749. The fraction of sp³-hybridized carbons (Fsp3) is 0.421. The lowest BCUT2D eigenvalue weighted by atomic mass is 9.91. The number of benzene rings is 1. The number of nitrogens with two attached hydrogens (primary N) is 1. The van der Waals surface area contributed by atoms with Gasteiger partial charge in [-0.2, -0.15) is 4.98 Å². The van der Waals surface area contributed by atoms with Crippen LogP contribution in [0, 0.1) is 13.8 Å². The summed E-state index contributed by atoms with van der Waals surface area (Å²) < 4.78 is 0. The predicted molar refractivity (Wildman–Crippen MR) is 106 cm³/mol. The van der Waals surface area contributed by atoms with E-state index in [-0.39, 0.29) is 5.54 Å². The number of hydrogen-bond acceptors (Lipinski definition) is 6. The van der Waals surface area contributed by atoms with E-state index >= 15 is 0 Å². The number of aromatic nitrogens is 4. The average Bonchev–Trinajstić information content (AvgIpc) is 3.02. The minimum absolute atomic E-state index is 0.0749. The van der Waals surface area contributed by atoms with Gasteiger partial charge in [-0.25, -0.2) is 9.97 Å². The standard InChI is InChI=1S/C19H24N6S/c1-12-5-4-6-14(13(12)2)26-15-11-21-16-17(22-15)24-18(23-16)25-9-7-19(3,20)8-10-25/h4-6,11H,7-10,20H2,1-3H3,(H,21,22,23,24). The molecular weight excluding hydrogens is 344 g/mol. The Morgan fingerprint density at radius 2 is 1.96 bits per heavy atom. The largest absolute Gasteiger partial charge is 0.342 e. The number of aromatic amines is 1. The van der Waals surface area contributed by atoms with E-state index in [1.54, 1.807) is 11.8 Å². The number of fused-ring (bicyclic) bond motifs is 1. The van der Waals surface area contributed by atoms with E-state index in [1.807, 2.05) is 6.20 Å². The van der Waals surface area contributed by atoms with Crippen LogP contribution in [0.15, 0.2) is 34.3 Å². The summed E-state index contributed by atoms with van der Waals surface area (Å²) in [5.41, 5.74) is 10.1. The SMILES string of the molecule is Cc1cccc(Sc2cnc3[nH]c(N4CCC(C)(N)CC4)nc3n2)c1C. The van der Waals surface area contributed by atoms with Crippen molar-refractivity contribution in [2.24, 2.45) is 5.73 Å². The van der Waals surface area contributed by atoms with Crippen LogP contribution in [-0.2, 0) is 0 Å². The molecule has 6 nitrogen and oxygen atoms in total. The third-order valence-electron chi connectivity index (χ3n) is 5.15. The number of nitrogens with zero attached hydrogens (tertiary/aromatic N) is 4. The highest BCUT2D eigenvalue weighted by Gasteiger charge is 2.27. The highest BCUT2D eigenvalue weighted by molar-refractivity contribution is 7.99. The first-order valence-electron chi connectivity index (χ1n) is 8.92. The normalized spacial score (nSPS) is 17.0. The Bertz CT molecular complexity index is 938. The molecule has 0 radical (unpaired) electrons. The molecule has 0 spiro atoms. The highest BCUT2D eigenvalue weighted by atomic mass is 32.2. The maximum absolute atomic E-state index is 6.22. The third kappa shape index (κ3) is 3.41. The molecule has 1 fully saturated rings. The second-order valence-electron chi connectivity index (χ2n) is 7.38. The summed E-state index contributed by atoms with van der Waals surface area (Å²) in [4.78, 5) is 20.6. The monoisotopic (exact) mass is 368 g/mol. The second-order valence-corrected chi connectivity index (χ2v) is 8.44. The average molecular weight is 369 g/mol. The van der Waals surface area contributed by atoms with Crippen LogP contribution in [0.1, 0.15) is 30.9 Å². The van der Waals surface area contributed by atoms with Gasteiger partial charge in [0.1, 0.15) is 5.03 Å². The lowest BCUT2D eigenvalue weighted by Crippen LogP contribution is -2.48. The first kappa shape index (κ1) is 17.3. The van der Waals surface area contributed by atoms with Gasteiger partial charge < -0.3 is 15.6 Å². The summed E-state index contributed by atoms with van der Waals surface area (Å²) in [5, 5.41) is 0.859. The number of H-pyrrole nitrogens is 1. The Kier molecular flexibility index (Phi) is 4.36. The summed E-state index contributed by atoms with van der Waals surface area (Å²) >= 11 is 1.63. The molecule has 136 valence electrons. The fourth-order valence-corrected chi connectivity index (χ4v) is 4.06. The van der Waals surface area contributed by atoms with Gasteiger partial charge in [0.15, 0.2) is 11.3 Å². The van der Waals surface area contributed by atoms with Crippen LogP contribution in [0.2, 0.25) is 0 Å². The third-order valence-corrected chi connectivity index (χ3v) is 6.22. The molecule has 0 bridgehead atoms. The number of piperidine rings is 1. The summed E-state index contributed by atoms with van der Waals surface area (Å²) in [7, 11) is 0. The molecule has 1 aliphatic heterocycles. The van der Waals surface area contributed by atoms with Crippen molar-refractivity contribution in [1.82, 2.24) is 19.9 Å². The minimum Gasteiger partial charge on any atom is -0.342 e. The van der Waals surface area contributed by atoms with Gasteiger partial charge in [0.25, 0.3) is 0 Å². The number of anilines is 1. The zero-order valence-electron chi connectivity index (χ0n) is 15.4. The summed E-state index contributed by atoms with van der Waals surface area (Å²) in [5.74, 6) is 0.837. The Morgan fingerprint density at radius 1 is 1.19 bits per heavy atom. The summed E-state index contributed by atoms with van der Waals surface area (Å²) in [6.45, 7) is 8.17. The molecule has 0 amide bonds. The number of aryl methyl sites for hydroxylation is 1. The van der Waals surface area contributed by atoms with Crippen LogP contribution in [0.25, 0.3) is 11.3 Å². The van der Waals surface area contributed by atoms with Crippen molar-refractivity contribution < 1.29 is 0 Å². The summed E-state index contributed by atoms with van der Waals surface area (Å²) in [6.07, 6.45) is 3.72. The van der Waals surface area contributed by atoms with E-state index in [9.17, 15) is 0 Å². The van der Waals surface area contributed by atoms with E-state index < -0.39 is 0 Å². The maximum Gasteiger partial charge on any atom is 0.206 e. The fourth-order valence-electron chi connectivity index (χ4n) is 3.14. The number of rotatable bonds is 3. The van der Waals surface area contributed by atoms with E-state index in [2.05, 4.69) is 58.8 Å². The Morgan fingerprint density at radius 3 is 2.73 bits per heavy atom. The van der Waals surface area contributed by atoms with Gasteiger partial charge in [-0.15, -0.1) is 0 Å². The van der Waals surface area contributed by atoms with E-state index in [0.29, 0.717) is 5.65 Å². The second kappa shape index (κ2) is 6.55. The van der Waals surface area contributed by atoms with Crippen molar-refractivity contribution in [1.29, 1.82) is 0 Å². The number of imidazole rings is 1. The van der Waals surface area contributed by atoms with Crippen LogP contribution < -0.4 is 10.6 Å². The van der Waals surface area contributed by atoms with Crippen LogP contribution in [0.3, 0.4) is 0 Å². The Labute approximate surface area is 157 Å². The molecule has 7 heteroatoms. The predicted octanol–water partition coefficient (Wildman–Crippen LogP) is 3.44. The highest BCUT2D eigenvalue weighted by Crippen LogP contribution is 2.31. The van der Waals surface area contributed by atoms with Crippen LogP contribution in [0.4, 0.5) is 5.95 Å². The van der Waals surface area contributed by atoms with Gasteiger partial charge in [0.2, 0.25) is 5.95 Å². The van der Waals surface area contributed by atoms with E-state index in [0.717, 1.165) is 42.6 Å². The molecule has 3 N–H and O–H groups in total.